The average Bonchev–Trinajstić information content (AvgIpc) is 2.89. The highest BCUT2D eigenvalue weighted by atomic mass is 16.6. The Bertz CT molecular complexity index is 767. The van der Waals surface area contributed by atoms with E-state index in [4.69, 9.17) is 10.0 Å². The zero-order chi connectivity index (χ0) is 19.6. The SMILES string of the molecule is O=C(CCCCCCCON=C1c2ccccc2CCc2ccccc21)NO. The van der Waals surface area contributed by atoms with Gasteiger partial charge in [0.05, 0.1) is 0 Å². The van der Waals surface area contributed by atoms with Crippen molar-refractivity contribution in [3.05, 3.63) is 70.8 Å². The number of rotatable bonds is 9. The van der Waals surface area contributed by atoms with Gasteiger partial charge in [-0.1, -0.05) is 66.5 Å². The predicted octanol–water partition coefficient (Wildman–Crippen LogP) is 4.40. The number of hydrogen-bond donors (Lipinski definition) is 2. The number of benzene rings is 2. The van der Waals surface area contributed by atoms with E-state index in [9.17, 15) is 4.79 Å². The lowest BCUT2D eigenvalue weighted by atomic mass is 9.98. The van der Waals surface area contributed by atoms with Crippen LogP contribution in [0.5, 0.6) is 0 Å². The van der Waals surface area contributed by atoms with E-state index in [0.717, 1.165) is 61.8 Å². The van der Waals surface area contributed by atoms with Crippen molar-refractivity contribution in [3.63, 3.8) is 0 Å². The van der Waals surface area contributed by atoms with Crippen molar-refractivity contribution in [2.45, 2.75) is 51.4 Å². The summed E-state index contributed by atoms with van der Waals surface area (Å²) in [4.78, 5) is 16.6. The molecule has 0 fully saturated rings. The van der Waals surface area contributed by atoms with Gasteiger partial charge < -0.3 is 4.84 Å². The second kappa shape index (κ2) is 10.6. The minimum absolute atomic E-state index is 0.317. The molecule has 0 bridgehead atoms. The van der Waals surface area contributed by atoms with E-state index in [2.05, 4.69) is 53.7 Å². The lowest BCUT2D eigenvalue weighted by Gasteiger charge is -2.10. The lowest BCUT2D eigenvalue weighted by molar-refractivity contribution is -0.129. The fraction of sp³-hybridized carbons (Fsp3) is 0.391. The molecule has 0 saturated heterocycles. The summed E-state index contributed by atoms with van der Waals surface area (Å²) >= 11 is 0. The minimum Gasteiger partial charge on any atom is -0.395 e. The quantitative estimate of drug-likeness (QED) is 0.385. The number of nitrogens with one attached hydrogen (secondary N) is 1. The summed E-state index contributed by atoms with van der Waals surface area (Å²) in [5.41, 5.74) is 7.54. The van der Waals surface area contributed by atoms with Crippen molar-refractivity contribution in [2.75, 3.05) is 6.61 Å². The minimum atomic E-state index is -0.317. The van der Waals surface area contributed by atoms with E-state index in [1.807, 2.05) is 0 Å². The number of oxime groups is 1. The number of carbonyl (C=O) groups excluding carboxylic acids is 1. The van der Waals surface area contributed by atoms with Gasteiger partial charge in [0, 0.05) is 17.5 Å². The van der Waals surface area contributed by atoms with E-state index in [0.29, 0.717) is 13.0 Å². The topological polar surface area (TPSA) is 70.9 Å². The highest BCUT2D eigenvalue weighted by Gasteiger charge is 2.19. The Morgan fingerprint density at radius 2 is 1.46 bits per heavy atom. The van der Waals surface area contributed by atoms with Crippen LogP contribution in [0.2, 0.25) is 0 Å². The summed E-state index contributed by atoms with van der Waals surface area (Å²) in [5.74, 6) is -0.317. The fourth-order valence-corrected chi connectivity index (χ4v) is 3.60. The predicted molar refractivity (Wildman–Crippen MR) is 110 cm³/mol. The Balaban J connectivity index is 1.53. The summed E-state index contributed by atoms with van der Waals surface area (Å²) in [6.45, 7) is 0.588. The monoisotopic (exact) mass is 380 g/mol. The van der Waals surface area contributed by atoms with Crippen molar-refractivity contribution >= 4 is 11.6 Å². The molecule has 5 nitrogen and oxygen atoms in total. The zero-order valence-corrected chi connectivity index (χ0v) is 16.2. The molecule has 2 aromatic rings. The molecule has 1 amide bonds. The van der Waals surface area contributed by atoms with E-state index < -0.39 is 0 Å². The van der Waals surface area contributed by atoms with Gasteiger partial charge in [0.25, 0.3) is 0 Å². The Kier molecular flexibility index (Phi) is 7.62. The van der Waals surface area contributed by atoms with Crippen LogP contribution in [-0.4, -0.2) is 23.4 Å². The highest BCUT2D eigenvalue weighted by Crippen LogP contribution is 2.25. The Hall–Kier alpha value is -2.66. The first-order valence-corrected chi connectivity index (χ1v) is 10.1. The molecule has 0 unspecified atom stereocenters. The van der Waals surface area contributed by atoms with Gasteiger partial charge in [0.15, 0.2) is 0 Å². The summed E-state index contributed by atoms with van der Waals surface area (Å²) in [6, 6.07) is 16.9. The van der Waals surface area contributed by atoms with Crippen LogP contribution in [-0.2, 0) is 22.5 Å². The molecule has 0 heterocycles. The van der Waals surface area contributed by atoms with Crippen molar-refractivity contribution in [2.24, 2.45) is 5.16 Å². The third-order valence-corrected chi connectivity index (χ3v) is 5.13. The highest BCUT2D eigenvalue weighted by molar-refractivity contribution is 6.14. The summed E-state index contributed by atoms with van der Waals surface area (Å²) in [6.07, 6.45) is 7.20. The number of amides is 1. The molecule has 1 aliphatic rings. The molecule has 28 heavy (non-hydrogen) atoms. The third kappa shape index (κ3) is 5.42. The van der Waals surface area contributed by atoms with Gasteiger partial charge in [-0.15, -0.1) is 0 Å². The van der Waals surface area contributed by atoms with Gasteiger partial charge in [-0.05, 0) is 43.2 Å². The van der Waals surface area contributed by atoms with Crippen LogP contribution in [0.1, 0.15) is 60.8 Å². The van der Waals surface area contributed by atoms with Crippen molar-refractivity contribution in [1.82, 2.24) is 5.48 Å². The Morgan fingerprint density at radius 3 is 2.11 bits per heavy atom. The molecular formula is C23H28N2O3. The molecule has 1 aliphatic carbocycles. The molecule has 2 aromatic carbocycles. The van der Waals surface area contributed by atoms with Gasteiger partial charge in [-0.2, -0.15) is 0 Å². The molecule has 0 spiro atoms. The average molecular weight is 380 g/mol. The summed E-state index contributed by atoms with van der Waals surface area (Å²) in [7, 11) is 0. The third-order valence-electron chi connectivity index (χ3n) is 5.13. The largest absolute Gasteiger partial charge is 0.395 e. The number of hydrogen-bond acceptors (Lipinski definition) is 4. The molecule has 0 aliphatic heterocycles. The van der Waals surface area contributed by atoms with Crippen LogP contribution in [0, 0.1) is 0 Å². The number of carbonyl (C=O) groups is 1. The van der Waals surface area contributed by atoms with Crippen LogP contribution < -0.4 is 5.48 Å². The second-order valence-corrected chi connectivity index (χ2v) is 7.14. The fourth-order valence-electron chi connectivity index (χ4n) is 3.60. The van der Waals surface area contributed by atoms with Crippen molar-refractivity contribution in [3.8, 4) is 0 Å². The molecular weight excluding hydrogens is 352 g/mol. The maximum absolute atomic E-state index is 10.9. The van der Waals surface area contributed by atoms with E-state index in [-0.39, 0.29) is 5.91 Å². The second-order valence-electron chi connectivity index (χ2n) is 7.14. The van der Waals surface area contributed by atoms with E-state index in [1.165, 1.54) is 11.1 Å². The molecule has 0 radical (unpaired) electrons. The van der Waals surface area contributed by atoms with Crippen LogP contribution in [0.3, 0.4) is 0 Å². The molecule has 148 valence electrons. The summed E-state index contributed by atoms with van der Waals surface area (Å²) < 4.78 is 0. The maximum Gasteiger partial charge on any atom is 0.243 e. The van der Waals surface area contributed by atoms with Gasteiger partial charge in [0.2, 0.25) is 5.91 Å². The summed E-state index contributed by atoms with van der Waals surface area (Å²) in [5, 5.41) is 13.0. The van der Waals surface area contributed by atoms with Crippen LogP contribution in [0.25, 0.3) is 0 Å². The Morgan fingerprint density at radius 1 is 0.893 bits per heavy atom. The van der Waals surface area contributed by atoms with Gasteiger partial charge in [-0.3, -0.25) is 10.0 Å². The zero-order valence-electron chi connectivity index (χ0n) is 16.2. The lowest BCUT2D eigenvalue weighted by Crippen LogP contribution is -2.17. The van der Waals surface area contributed by atoms with E-state index >= 15 is 0 Å². The number of unbranched alkanes of at least 4 members (excludes halogenated alkanes) is 4. The van der Waals surface area contributed by atoms with Gasteiger partial charge >= 0.3 is 0 Å². The molecule has 0 aromatic heterocycles. The van der Waals surface area contributed by atoms with Crippen LogP contribution in [0.15, 0.2) is 53.7 Å². The van der Waals surface area contributed by atoms with Crippen LogP contribution >= 0.6 is 0 Å². The number of fused-ring (bicyclic) bond motifs is 2. The molecule has 0 atom stereocenters. The van der Waals surface area contributed by atoms with Gasteiger partial charge in [0.1, 0.15) is 12.3 Å². The van der Waals surface area contributed by atoms with Crippen molar-refractivity contribution < 1.29 is 14.8 Å². The number of hydroxylamine groups is 1. The molecule has 5 heteroatoms. The molecule has 0 saturated carbocycles. The van der Waals surface area contributed by atoms with Gasteiger partial charge in [-0.25, -0.2) is 5.48 Å². The molecule has 2 N–H and O–H groups in total. The number of nitrogens with zero attached hydrogens (tertiary/aromatic N) is 1. The first kappa shape index (κ1) is 20.1. The normalized spacial score (nSPS) is 12.5. The van der Waals surface area contributed by atoms with E-state index in [1.54, 1.807) is 5.48 Å². The first-order chi connectivity index (χ1) is 13.8. The number of aryl methyl sites for hydroxylation is 2. The van der Waals surface area contributed by atoms with Crippen LogP contribution in [0.4, 0.5) is 0 Å². The molecule has 3 rings (SSSR count). The smallest absolute Gasteiger partial charge is 0.243 e. The van der Waals surface area contributed by atoms with Crippen molar-refractivity contribution in [1.29, 1.82) is 0 Å². The Labute approximate surface area is 166 Å². The first-order valence-electron chi connectivity index (χ1n) is 10.1. The maximum atomic E-state index is 10.9. The standard InChI is InChI=1S/C23H28N2O3/c26-22(24-27)14-4-2-1-3-9-17-28-25-23-20-12-7-5-10-18(20)15-16-19-11-6-8-13-21(19)23/h5-8,10-13,27H,1-4,9,14-17H2,(H,24,26).